The number of fused-ring (bicyclic) bond motifs is 2. The summed E-state index contributed by atoms with van der Waals surface area (Å²) in [5.41, 5.74) is 1.15. The van der Waals surface area contributed by atoms with Crippen LogP contribution in [0, 0.1) is 0 Å². The number of nitrogens with two attached hydrogens (primary N) is 1. The lowest BCUT2D eigenvalue weighted by molar-refractivity contribution is 0.174. The van der Waals surface area contributed by atoms with Gasteiger partial charge in [-0.2, -0.15) is 0 Å². The van der Waals surface area contributed by atoms with Gasteiger partial charge in [-0.05, 0) is 23.8 Å². The molecule has 0 bridgehead atoms. The fourth-order valence-corrected chi connectivity index (χ4v) is 3.65. The first-order valence-corrected chi connectivity index (χ1v) is 9.04. The van der Waals surface area contributed by atoms with Crippen molar-refractivity contribution in [3.8, 4) is 23.0 Å². The molecule has 1 aromatic heterocycles. The minimum Gasteiger partial charge on any atom is -0.493 e. The maximum absolute atomic E-state index is 12.6. The first kappa shape index (κ1) is 17.3. The second kappa shape index (κ2) is 6.92. The molecule has 1 aliphatic heterocycles. The third kappa shape index (κ3) is 3.10. The predicted molar refractivity (Wildman–Crippen MR) is 101 cm³/mol. The molecule has 1 aliphatic rings. The molecule has 8 nitrogen and oxygen atoms in total. The SMILES string of the molecule is COc1cc2nc(SCc3ccc4c(c3)OCO4)n(N)c(=O)c2cc1OC. The standard InChI is InChI=1S/C18H17N3O5S/c1-23-14-6-11-12(7-15(14)24-2)20-18(21(19)17(11)22)27-8-10-3-4-13-16(5-10)26-9-25-13/h3-7H,8-9,19H2,1-2H3. The smallest absolute Gasteiger partial charge is 0.280 e. The van der Waals surface area contributed by atoms with E-state index >= 15 is 0 Å². The Kier molecular flexibility index (Phi) is 4.44. The lowest BCUT2D eigenvalue weighted by atomic mass is 10.2. The zero-order chi connectivity index (χ0) is 19.0. The molecule has 0 amide bonds. The van der Waals surface area contributed by atoms with Crippen LogP contribution in [-0.2, 0) is 5.75 Å². The number of aromatic nitrogens is 2. The summed E-state index contributed by atoms with van der Waals surface area (Å²) in [5.74, 6) is 8.92. The van der Waals surface area contributed by atoms with Gasteiger partial charge in [0.15, 0.2) is 28.2 Å². The molecule has 0 aliphatic carbocycles. The van der Waals surface area contributed by atoms with E-state index in [1.165, 1.54) is 26.0 Å². The first-order valence-electron chi connectivity index (χ1n) is 8.06. The van der Waals surface area contributed by atoms with Crippen molar-refractivity contribution in [2.75, 3.05) is 26.9 Å². The highest BCUT2D eigenvalue weighted by molar-refractivity contribution is 7.98. The molecule has 0 fully saturated rings. The molecule has 0 saturated heterocycles. The summed E-state index contributed by atoms with van der Waals surface area (Å²) in [6, 6.07) is 8.95. The predicted octanol–water partition coefficient (Wildman–Crippen LogP) is 2.15. The number of hydrogen-bond donors (Lipinski definition) is 1. The van der Waals surface area contributed by atoms with Crippen LogP contribution in [0.15, 0.2) is 40.3 Å². The Morgan fingerprint density at radius 1 is 1.15 bits per heavy atom. The van der Waals surface area contributed by atoms with Gasteiger partial charge >= 0.3 is 0 Å². The fraction of sp³-hybridized carbons (Fsp3) is 0.222. The molecule has 2 heterocycles. The Hall–Kier alpha value is -3.07. The summed E-state index contributed by atoms with van der Waals surface area (Å²) in [4.78, 5) is 17.1. The zero-order valence-electron chi connectivity index (χ0n) is 14.7. The molecule has 9 heteroatoms. The summed E-state index contributed by atoms with van der Waals surface area (Å²) in [6.07, 6.45) is 0. The number of benzene rings is 2. The second-order valence-corrected chi connectivity index (χ2v) is 6.71. The van der Waals surface area contributed by atoms with Gasteiger partial charge in [-0.3, -0.25) is 4.79 Å². The number of ether oxygens (including phenoxy) is 4. The summed E-state index contributed by atoms with van der Waals surface area (Å²) >= 11 is 1.36. The molecular weight excluding hydrogens is 370 g/mol. The van der Waals surface area contributed by atoms with Gasteiger partial charge in [0.25, 0.3) is 5.56 Å². The average Bonchev–Trinajstić information content (AvgIpc) is 3.16. The van der Waals surface area contributed by atoms with Crippen LogP contribution in [-0.4, -0.2) is 30.7 Å². The van der Waals surface area contributed by atoms with Crippen LogP contribution >= 0.6 is 11.8 Å². The molecular formula is C18H17N3O5S. The number of hydrogen-bond acceptors (Lipinski definition) is 8. The van der Waals surface area contributed by atoms with E-state index in [9.17, 15) is 4.79 Å². The van der Waals surface area contributed by atoms with Crippen LogP contribution in [0.25, 0.3) is 10.9 Å². The quantitative estimate of drug-likeness (QED) is 0.404. The highest BCUT2D eigenvalue weighted by Crippen LogP contribution is 2.34. The maximum Gasteiger partial charge on any atom is 0.280 e. The van der Waals surface area contributed by atoms with E-state index in [0.29, 0.717) is 39.1 Å². The molecule has 27 heavy (non-hydrogen) atoms. The Morgan fingerprint density at radius 3 is 2.67 bits per heavy atom. The Labute approximate surface area is 158 Å². The number of methoxy groups -OCH3 is 2. The van der Waals surface area contributed by atoms with Crippen LogP contribution in [0.2, 0.25) is 0 Å². The lowest BCUT2D eigenvalue weighted by Crippen LogP contribution is -2.29. The highest BCUT2D eigenvalue weighted by Gasteiger charge is 2.16. The third-order valence-corrected chi connectivity index (χ3v) is 5.20. The number of nitrogens with zero attached hydrogens (tertiary/aromatic N) is 2. The minimum absolute atomic E-state index is 0.228. The molecule has 0 radical (unpaired) electrons. The van der Waals surface area contributed by atoms with Crippen molar-refractivity contribution < 1.29 is 18.9 Å². The molecule has 4 rings (SSSR count). The van der Waals surface area contributed by atoms with E-state index in [1.807, 2.05) is 18.2 Å². The van der Waals surface area contributed by atoms with E-state index in [4.69, 9.17) is 24.8 Å². The Bertz CT molecular complexity index is 1080. The van der Waals surface area contributed by atoms with Crippen LogP contribution in [0.5, 0.6) is 23.0 Å². The normalized spacial score (nSPS) is 12.4. The Balaban J connectivity index is 1.67. The lowest BCUT2D eigenvalue weighted by Gasteiger charge is -2.12. The van der Waals surface area contributed by atoms with Gasteiger partial charge in [0, 0.05) is 11.8 Å². The van der Waals surface area contributed by atoms with E-state index < -0.39 is 0 Å². The number of nitrogen functional groups attached to an aromatic ring is 1. The monoisotopic (exact) mass is 387 g/mol. The van der Waals surface area contributed by atoms with E-state index in [2.05, 4.69) is 4.98 Å². The van der Waals surface area contributed by atoms with Gasteiger partial charge in [-0.1, -0.05) is 17.8 Å². The average molecular weight is 387 g/mol. The van der Waals surface area contributed by atoms with Crippen LogP contribution in [0.4, 0.5) is 0 Å². The van der Waals surface area contributed by atoms with Gasteiger partial charge in [0.2, 0.25) is 6.79 Å². The molecule has 140 valence electrons. The van der Waals surface area contributed by atoms with E-state index in [0.717, 1.165) is 16.0 Å². The zero-order valence-corrected chi connectivity index (χ0v) is 15.5. The summed E-state index contributed by atoms with van der Waals surface area (Å²) < 4.78 is 22.3. The van der Waals surface area contributed by atoms with Crippen molar-refractivity contribution in [1.29, 1.82) is 0 Å². The second-order valence-electron chi connectivity index (χ2n) is 5.77. The highest BCUT2D eigenvalue weighted by atomic mass is 32.2. The number of rotatable bonds is 5. The molecule has 0 unspecified atom stereocenters. The van der Waals surface area contributed by atoms with Crippen molar-refractivity contribution in [1.82, 2.24) is 9.66 Å². The van der Waals surface area contributed by atoms with Crippen molar-refractivity contribution in [2.45, 2.75) is 10.9 Å². The summed E-state index contributed by atoms with van der Waals surface area (Å²) in [7, 11) is 3.04. The van der Waals surface area contributed by atoms with Crippen LogP contribution in [0.1, 0.15) is 5.56 Å². The maximum atomic E-state index is 12.6. The topological polar surface area (TPSA) is 97.8 Å². The third-order valence-electron chi connectivity index (χ3n) is 4.18. The summed E-state index contributed by atoms with van der Waals surface area (Å²) in [6.45, 7) is 0.228. The van der Waals surface area contributed by atoms with Crippen molar-refractivity contribution >= 4 is 22.7 Å². The van der Waals surface area contributed by atoms with Crippen LogP contribution in [0.3, 0.4) is 0 Å². The van der Waals surface area contributed by atoms with Gasteiger partial charge in [0.1, 0.15) is 0 Å². The first-order chi connectivity index (χ1) is 13.1. The van der Waals surface area contributed by atoms with Gasteiger partial charge < -0.3 is 24.8 Å². The fourth-order valence-electron chi connectivity index (χ4n) is 2.79. The molecule has 2 aromatic carbocycles. The summed E-state index contributed by atoms with van der Waals surface area (Å²) in [5, 5.41) is 0.764. The van der Waals surface area contributed by atoms with E-state index in [-0.39, 0.29) is 12.4 Å². The largest absolute Gasteiger partial charge is 0.493 e. The minimum atomic E-state index is -0.353. The Morgan fingerprint density at radius 2 is 1.89 bits per heavy atom. The molecule has 2 N–H and O–H groups in total. The molecule has 0 spiro atoms. The van der Waals surface area contributed by atoms with Gasteiger partial charge in [-0.25, -0.2) is 9.66 Å². The molecule has 3 aromatic rings. The van der Waals surface area contributed by atoms with Crippen molar-refractivity contribution in [2.24, 2.45) is 0 Å². The molecule has 0 atom stereocenters. The molecule has 0 saturated carbocycles. The number of thioether (sulfide) groups is 1. The van der Waals surface area contributed by atoms with Crippen LogP contribution < -0.4 is 30.3 Å². The van der Waals surface area contributed by atoms with Gasteiger partial charge in [-0.15, -0.1) is 0 Å². The van der Waals surface area contributed by atoms with Crippen molar-refractivity contribution in [3.63, 3.8) is 0 Å². The van der Waals surface area contributed by atoms with Gasteiger partial charge in [0.05, 0.1) is 25.1 Å². The van der Waals surface area contributed by atoms with E-state index in [1.54, 1.807) is 12.1 Å². The van der Waals surface area contributed by atoms with Crippen molar-refractivity contribution in [3.05, 3.63) is 46.2 Å².